The zero-order valence-electron chi connectivity index (χ0n) is 16.7. The molecule has 0 aliphatic heterocycles. The lowest BCUT2D eigenvalue weighted by molar-refractivity contribution is -0.124. The van der Waals surface area contributed by atoms with Gasteiger partial charge >= 0.3 is 0 Å². The monoisotopic (exact) mass is 385 g/mol. The fourth-order valence-electron chi connectivity index (χ4n) is 3.14. The molecule has 2 rings (SSSR count). The van der Waals surface area contributed by atoms with Crippen LogP contribution in [0.3, 0.4) is 0 Å². The highest BCUT2D eigenvalue weighted by Crippen LogP contribution is 2.21. The van der Waals surface area contributed by atoms with Crippen molar-refractivity contribution in [3.8, 4) is 5.75 Å². The Kier molecular flexibility index (Phi) is 8.98. The van der Waals surface area contributed by atoms with Crippen molar-refractivity contribution >= 4 is 5.91 Å². The van der Waals surface area contributed by atoms with E-state index in [2.05, 4.69) is 19.2 Å². The number of hydrogen-bond donors (Lipinski definition) is 3. The minimum absolute atomic E-state index is 0.230. The highest BCUT2D eigenvalue weighted by atomic mass is 16.5. The van der Waals surface area contributed by atoms with Crippen molar-refractivity contribution in [3.63, 3.8) is 0 Å². The predicted molar refractivity (Wildman–Crippen MR) is 110 cm³/mol. The van der Waals surface area contributed by atoms with Gasteiger partial charge in [0.25, 0.3) is 0 Å². The lowest BCUT2D eigenvalue weighted by Crippen LogP contribution is -2.36. The van der Waals surface area contributed by atoms with Crippen LogP contribution in [0.2, 0.25) is 0 Å². The Morgan fingerprint density at radius 1 is 1.00 bits per heavy atom. The average Bonchev–Trinajstić information content (AvgIpc) is 2.72. The SMILES string of the molecule is CCCC(C)COc1ccc(C(CO)NC(=O)C(CO)c2ccccc2)cc1. The average molecular weight is 386 g/mol. The molecule has 3 N–H and O–H groups in total. The van der Waals surface area contributed by atoms with Crippen molar-refractivity contribution < 1.29 is 19.7 Å². The first-order chi connectivity index (χ1) is 13.6. The van der Waals surface area contributed by atoms with Gasteiger partial charge in [0, 0.05) is 0 Å². The van der Waals surface area contributed by atoms with Crippen LogP contribution in [-0.2, 0) is 4.79 Å². The fraction of sp³-hybridized carbons (Fsp3) is 0.435. The van der Waals surface area contributed by atoms with Crippen LogP contribution in [0, 0.1) is 5.92 Å². The summed E-state index contributed by atoms with van der Waals surface area (Å²) < 4.78 is 5.80. The normalized spacial score (nSPS) is 14.1. The molecule has 1 amide bonds. The van der Waals surface area contributed by atoms with Gasteiger partial charge in [0.2, 0.25) is 5.91 Å². The number of rotatable bonds is 11. The Labute approximate surface area is 167 Å². The van der Waals surface area contributed by atoms with E-state index in [4.69, 9.17) is 4.74 Å². The molecule has 5 heteroatoms. The fourth-order valence-corrected chi connectivity index (χ4v) is 3.14. The van der Waals surface area contributed by atoms with Gasteiger partial charge in [-0.05, 0) is 35.6 Å². The summed E-state index contributed by atoms with van der Waals surface area (Å²) in [5.41, 5.74) is 1.53. The Bertz CT molecular complexity index is 702. The van der Waals surface area contributed by atoms with Crippen LogP contribution in [0.15, 0.2) is 54.6 Å². The van der Waals surface area contributed by atoms with Crippen LogP contribution in [0.25, 0.3) is 0 Å². The van der Waals surface area contributed by atoms with E-state index in [1.807, 2.05) is 42.5 Å². The third-order valence-corrected chi connectivity index (χ3v) is 4.80. The summed E-state index contributed by atoms with van der Waals surface area (Å²) >= 11 is 0. The molecule has 0 radical (unpaired) electrons. The molecule has 5 nitrogen and oxygen atoms in total. The smallest absolute Gasteiger partial charge is 0.230 e. The van der Waals surface area contributed by atoms with Gasteiger partial charge in [0.15, 0.2) is 0 Å². The van der Waals surface area contributed by atoms with Gasteiger partial charge in [-0.1, -0.05) is 62.7 Å². The standard InChI is InChI=1S/C23H31NO4/c1-3-7-17(2)16-28-20-12-10-19(11-13-20)22(15-26)24-23(27)21(14-25)18-8-5-4-6-9-18/h4-6,8-13,17,21-22,25-26H,3,7,14-16H2,1-2H3,(H,24,27). The highest BCUT2D eigenvalue weighted by Gasteiger charge is 2.23. The molecule has 0 saturated carbocycles. The number of nitrogens with one attached hydrogen (secondary N) is 1. The summed E-state index contributed by atoms with van der Waals surface area (Å²) in [7, 11) is 0. The van der Waals surface area contributed by atoms with E-state index >= 15 is 0 Å². The molecule has 0 saturated heterocycles. The largest absolute Gasteiger partial charge is 0.493 e. The number of benzene rings is 2. The van der Waals surface area contributed by atoms with E-state index < -0.39 is 12.0 Å². The predicted octanol–water partition coefficient (Wildman–Crippen LogP) is 3.43. The van der Waals surface area contributed by atoms with Crippen LogP contribution in [0.1, 0.15) is 49.8 Å². The van der Waals surface area contributed by atoms with Crippen molar-refractivity contribution in [1.82, 2.24) is 5.32 Å². The van der Waals surface area contributed by atoms with Crippen molar-refractivity contribution in [2.24, 2.45) is 5.92 Å². The minimum atomic E-state index is -0.669. The molecule has 0 aromatic heterocycles. The topological polar surface area (TPSA) is 78.8 Å². The van der Waals surface area contributed by atoms with E-state index in [0.29, 0.717) is 12.5 Å². The van der Waals surface area contributed by atoms with Crippen LogP contribution in [0.4, 0.5) is 0 Å². The summed E-state index contributed by atoms with van der Waals surface area (Å²) in [5.74, 6) is 0.286. The third kappa shape index (κ3) is 6.36. The quantitative estimate of drug-likeness (QED) is 0.554. The molecular formula is C23H31NO4. The molecule has 0 aliphatic carbocycles. The van der Waals surface area contributed by atoms with E-state index in [1.54, 1.807) is 12.1 Å². The molecular weight excluding hydrogens is 354 g/mol. The van der Waals surface area contributed by atoms with Crippen molar-refractivity contribution in [2.75, 3.05) is 19.8 Å². The minimum Gasteiger partial charge on any atom is -0.493 e. The summed E-state index contributed by atoms with van der Waals surface area (Å²) in [6.07, 6.45) is 2.27. The van der Waals surface area contributed by atoms with Crippen LogP contribution >= 0.6 is 0 Å². The Balaban J connectivity index is 1.99. The van der Waals surface area contributed by atoms with Gasteiger partial charge in [-0.2, -0.15) is 0 Å². The van der Waals surface area contributed by atoms with E-state index in [0.717, 1.165) is 29.7 Å². The lowest BCUT2D eigenvalue weighted by atomic mass is 9.98. The number of carbonyl (C=O) groups is 1. The van der Waals surface area contributed by atoms with Crippen LogP contribution < -0.4 is 10.1 Å². The summed E-state index contributed by atoms with van der Waals surface area (Å²) in [6.45, 7) is 4.47. The maximum Gasteiger partial charge on any atom is 0.230 e. The van der Waals surface area contributed by atoms with Gasteiger partial charge < -0.3 is 20.3 Å². The van der Waals surface area contributed by atoms with Gasteiger partial charge in [-0.25, -0.2) is 0 Å². The zero-order chi connectivity index (χ0) is 20.4. The molecule has 3 atom stereocenters. The number of hydrogen-bond acceptors (Lipinski definition) is 4. The van der Waals surface area contributed by atoms with Gasteiger partial charge in [-0.15, -0.1) is 0 Å². The molecule has 28 heavy (non-hydrogen) atoms. The lowest BCUT2D eigenvalue weighted by Gasteiger charge is -2.21. The molecule has 2 aromatic carbocycles. The van der Waals surface area contributed by atoms with Crippen molar-refractivity contribution in [2.45, 2.75) is 38.6 Å². The maximum absolute atomic E-state index is 12.6. The molecule has 0 aliphatic rings. The first-order valence-corrected chi connectivity index (χ1v) is 9.88. The molecule has 0 heterocycles. The molecule has 0 fully saturated rings. The van der Waals surface area contributed by atoms with Crippen LogP contribution in [0.5, 0.6) is 5.75 Å². The highest BCUT2D eigenvalue weighted by molar-refractivity contribution is 5.84. The zero-order valence-corrected chi connectivity index (χ0v) is 16.7. The third-order valence-electron chi connectivity index (χ3n) is 4.80. The number of ether oxygens (including phenoxy) is 1. The molecule has 152 valence electrons. The Hall–Kier alpha value is -2.37. The van der Waals surface area contributed by atoms with E-state index in [-0.39, 0.29) is 19.1 Å². The van der Waals surface area contributed by atoms with Crippen LogP contribution in [-0.4, -0.2) is 35.9 Å². The maximum atomic E-state index is 12.6. The number of aliphatic hydroxyl groups is 2. The second-order valence-corrected chi connectivity index (χ2v) is 7.16. The first kappa shape index (κ1) is 21.9. The molecule has 2 aromatic rings. The summed E-state index contributed by atoms with van der Waals surface area (Å²) in [6, 6.07) is 16.0. The second-order valence-electron chi connectivity index (χ2n) is 7.16. The molecule has 0 bridgehead atoms. The van der Waals surface area contributed by atoms with Crippen molar-refractivity contribution in [1.29, 1.82) is 0 Å². The number of carbonyl (C=O) groups excluding carboxylic acids is 1. The van der Waals surface area contributed by atoms with Gasteiger partial charge in [0.1, 0.15) is 5.75 Å². The summed E-state index contributed by atoms with van der Waals surface area (Å²) in [5, 5.41) is 22.2. The Morgan fingerprint density at radius 3 is 2.25 bits per heavy atom. The Morgan fingerprint density at radius 2 is 1.68 bits per heavy atom. The first-order valence-electron chi connectivity index (χ1n) is 9.88. The van der Waals surface area contributed by atoms with Gasteiger partial charge in [-0.3, -0.25) is 4.79 Å². The molecule has 3 unspecified atom stereocenters. The number of aliphatic hydroxyl groups excluding tert-OH is 2. The second kappa shape index (κ2) is 11.5. The van der Waals surface area contributed by atoms with Gasteiger partial charge in [0.05, 0.1) is 31.8 Å². The molecule has 0 spiro atoms. The van der Waals surface area contributed by atoms with Crippen molar-refractivity contribution in [3.05, 3.63) is 65.7 Å². The van der Waals surface area contributed by atoms with E-state index in [1.165, 1.54) is 0 Å². The summed E-state index contributed by atoms with van der Waals surface area (Å²) in [4.78, 5) is 12.6. The number of amides is 1. The van der Waals surface area contributed by atoms with E-state index in [9.17, 15) is 15.0 Å².